The van der Waals surface area contributed by atoms with E-state index >= 15 is 0 Å². The molecule has 2 atom stereocenters. The maximum absolute atomic E-state index is 9.53. The van der Waals surface area contributed by atoms with Crippen molar-refractivity contribution in [2.45, 2.75) is 25.1 Å². The van der Waals surface area contributed by atoms with Gasteiger partial charge in [-0.15, -0.1) is 0 Å². The Labute approximate surface area is 125 Å². The van der Waals surface area contributed by atoms with Crippen LogP contribution in [0.2, 0.25) is 0 Å². The van der Waals surface area contributed by atoms with E-state index in [4.69, 9.17) is 0 Å². The van der Waals surface area contributed by atoms with E-state index in [0.29, 0.717) is 12.6 Å². The number of benzene rings is 1. The van der Waals surface area contributed by atoms with Crippen LogP contribution in [0.25, 0.3) is 11.4 Å². The largest absolute Gasteiger partial charge is 0.392 e. The summed E-state index contributed by atoms with van der Waals surface area (Å²) < 4.78 is 0. The van der Waals surface area contributed by atoms with E-state index in [1.54, 1.807) is 0 Å². The highest BCUT2D eigenvalue weighted by molar-refractivity contribution is 5.54. The summed E-state index contributed by atoms with van der Waals surface area (Å²) in [5.41, 5.74) is 2.21. The van der Waals surface area contributed by atoms with E-state index in [1.165, 1.54) is 0 Å². The molecule has 2 heterocycles. The Balaban J connectivity index is 1.57. The lowest BCUT2D eigenvalue weighted by Gasteiger charge is -2.20. The number of likely N-dealkylation sites (N-methyl/N-ethyl adjacent to an activating group) is 1. The molecule has 0 unspecified atom stereocenters. The SMILES string of the molecule is CN(Cc1cnc(-c2ccccc2)[nH]1)C[C@@H]1C[C@@H](O)CN1. The van der Waals surface area contributed by atoms with Gasteiger partial charge in [0.15, 0.2) is 0 Å². The van der Waals surface area contributed by atoms with Gasteiger partial charge in [0, 0.05) is 43.1 Å². The van der Waals surface area contributed by atoms with Gasteiger partial charge < -0.3 is 15.4 Å². The van der Waals surface area contributed by atoms with Crippen molar-refractivity contribution in [3.63, 3.8) is 0 Å². The number of aromatic nitrogens is 2. The van der Waals surface area contributed by atoms with Gasteiger partial charge in [0.1, 0.15) is 5.82 Å². The molecule has 1 aliphatic rings. The van der Waals surface area contributed by atoms with Gasteiger partial charge in [0.25, 0.3) is 0 Å². The number of aliphatic hydroxyl groups excluding tert-OH is 1. The first kappa shape index (κ1) is 14.3. The molecule has 0 saturated carbocycles. The molecule has 5 nitrogen and oxygen atoms in total. The zero-order valence-corrected chi connectivity index (χ0v) is 12.3. The van der Waals surface area contributed by atoms with E-state index < -0.39 is 0 Å². The monoisotopic (exact) mass is 286 g/mol. The quantitative estimate of drug-likeness (QED) is 0.773. The molecule has 0 aliphatic carbocycles. The minimum atomic E-state index is -0.194. The molecule has 21 heavy (non-hydrogen) atoms. The van der Waals surface area contributed by atoms with E-state index in [0.717, 1.165) is 36.6 Å². The Kier molecular flexibility index (Phi) is 4.34. The predicted molar refractivity (Wildman–Crippen MR) is 82.8 cm³/mol. The third kappa shape index (κ3) is 3.69. The summed E-state index contributed by atoms with van der Waals surface area (Å²) in [6, 6.07) is 10.5. The standard InChI is InChI=1S/C16H22N4O/c1-20(10-13-7-15(21)9-17-13)11-14-8-18-16(19-14)12-5-3-2-4-6-12/h2-6,8,13,15,17,21H,7,9-11H2,1H3,(H,18,19)/t13-,15+/m0/s1. The minimum absolute atomic E-state index is 0.194. The molecule has 1 aromatic heterocycles. The number of hydrogen-bond acceptors (Lipinski definition) is 4. The fourth-order valence-corrected chi connectivity index (χ4v) is 2.85. The molecule has 1 fully saturated rings. The topological polar surface area (TPSA) is 64.2 Å². The molecule has 3 rings (SSSR count). The summed E-state index contributed by atoms with van der Waals surface area (Å²) in [5.74, 6) is 0.911. The Morgan fingerprint density at radius 1 is 1.33 bits per heavy atom. The zero-order valence-electron chi connectivity index (χ0n) is 12.3. The number of aromatic amines is 1. The van der Waals surface area contributed by atoms with Gasteiger partial charge in [-0.05, 0) is 13.5 Å². The fraction of sp³-hybridized carbons (Fsp3) is 0.438. The number of β-amino-alcohol motifs (C(OH)–C–C–N with tert-alkyl or cyclic N) is 1. The van der Waals surface area contributed by atoms with Crippen LogP contribution < -0.4 is 5.32 Å². The van der Waals surface area contributed by atoms with Crippen molar-refractivity contribution in [1.82, 2.24) is 20.2 Å². The summed E-state index contributed by atoms with van der Waals surface area (Å²) in [6.45, 7) is 2.46. The molecule has 1 aliphatic heterocycles. The van der Waals surface area contributed by atoms with Crippen LogP contribution in [0.4, 0.5) is 0 Å². The molecule has 2 aromatic rings. The average Bonchev–Trinajstić information content (AvgIpc) is 3.09. The highest BCUT2D eigenvalue weighted by atomic mass is 16.3. The van der Waals surface area contributed by atoms with Crippen molar-refractivity contribution < 1.29 is 5.11 Å². The second kappa shape index (κ2) is 6.39. The maximum atomic E-state index is 9.53. The number of H-pyrrole nitrogens is 1. The summed E-state index contributed by atoms with van der Waals surface area (Å²) >= 11 is 0. The number of nitrogens with zero attached hydrogens (tertiary/aromatic N) is 2. The second-order valence-electron chi connectivity index (χ2n) is 5.81. The van der Waals surface area contributed by atoms with Gasteiger partial charge in [-0.1, -0.05) is 30.3 Å². The Bertz CT molecular complexity index is 569. The second-order valence-corrected chi connectivity index (χ2v) is 5.81. The van der Waals surface area contributed by atoms with Crippen LogP contribution in [0.1, 0.15) is 12.1 Å². The maximum Gasteiger partial charge on any atom is 0.137 e. The van der Waals surface area contributed by atoms with Crippen molar-refractivity contribution in [3.05, 3.63) is 42.2 Å². The summed E-state index contributed by atoms with van der Waals surface area (Å²) in [4.78, 5) is 10.1. The van der Waals surface area contributed by atoms with Crippen LogP contribution in [0.3, 0.4) is 0 Å². The van der Waals surface area contributed by atoms with Gasteiger partial charge in [-0.25, -0.2) is 4.98 Å². The van der Waals surface area contributed by atoms with Crippen LogP contribution >= 0.6 is 0 Å². The van der Waals surface area contributed by atoms with Gasteiger partial charge >= 0.3 is 0 Å². The molecule has 0 radical (unpaired) electrons. The van der Waals surface area contributed by atoms with E-state index in [9.17, 15) is 5.11 Å². The first-order valence-electron chi connectivity index (χ1n) is 7.40. The van der Waals surface area contributed by atoms with Gasteiger partial charge in [0.2, 0.25) is 0 Å². The normalized spacial score (nSPS) is 22.0. The summed E-state index contributed by atoms with van der Waals surface area (Å²) in [5, 5.41) is 12.9. The first-order valence-corrected chi connectivity index (χ1v) is 7.40. The highest BCUT2D eigenvalue weighted by Crippen LogP contribution is 2.15. The van der Waals surface area contributed by atoms with E-state index in [1.807, 2.05) is 24.4 Å². The smallest absolute Gasteiger partial charge is 0.137 e. The molecular weight excluding hydrogens is 264 g/mol. The molecule has 0 bridgehead atoms. The molecule has 0 spiro atoms. The van der Waals surface area contributed by atoms with Crippen molar-refractivity contribution in [2.24, 2.45) is 0 Å². The van der Waals surface area contributed by atoms with E-state index in [2.05, 4.69) is 39.4 Å². The Morgan fingerprint density at radius 3 is 2.86 bits per heavy atom. The van der Waals surface area contributed by atoms with Crippen molar-refractivity contribution in [2.75, 3.05) is 20.1 Å². The van der Waals surface area contributed by atoms with Gasteiger partial charge in [0.05, 0.1) is 6.10 Å². The van der Waals surface area contributed by atoms with Crippen LogP contribution in [-0.4, -0.2) is 52.3 Å². The van der Waals surface area contributed by atoms with Crippen LogP contribution in [-0.2, 0) is 6.54 Å². The minimum Gasteiger partial charge on any atom is -0.392 e. The fourth-order valence-electron chi connectivity index (χ4n) is 2.85. The molecule has 5 heteroatoms. The Hall–Kier alpha value is -1.69. The number of imidazole rings is 1. The summed E-state index contributed by atoms with van der Waals surface area (Å²) in [7, 11) is 2.09. The lowest BCUT2D eigenvalue weighted by atomic mass is 10.2. The summed E-state index contributed by atoms with van der Waals surface area (Å²) in [6.07, 6.45) is 2.54. The van der Waals surface area contributed by atoms with Crippen LogP contribution in [0.15, 0.2) is 36.5 Å². The molecule has 3 N–H and O–H groups in total. The lowest BCUT2D eigenvalue weighted by molar-refractivity contribution is 0.189. The predicted octanol–water partition coefficient (Wildman–Crippen LogP) is 1.23. The molecule has 1 saturated heterocycles. The van der Waals surface area contributed by atoms with Crippen LogP contribution in [0.5, 0.6) is 0 Å². The van der Waals surface area contributed by atoms with Gasteiger partial charge in [-0.2, -0.15) is 0 Å². The third-order valence-electron chi connectivity index (χ3n) is 3.85. The highest BCUT2D eigenvalue weighted by Gasteiger charge is 2.23. The van der Waals surface area contributed by atoms with Crippen molar-refractivity contribution in [3.8, 4) is 11.4 Å². The average molecular weight is 286 g/mol. The molecule has 0 amide bonds. The number of hydrogen-bond donors (Lipinski definition) is 3. The zero-order chi connectivity index (χ0) is 14.7. The number of aliphatic hydroxyl groups is 1. The third-order valence-corrected chi connectivity index (χ3v) is 3.85. The van der Waals surface area contributed by atoms with Crippen molar-refractivity contribution >= 4 is 0 Å². The van der Waals surface area contributed by atoms with Crippen LogP contribution in [0, 0.1) is 0 Å². The molecule has 1 aromatic carbocycles. The lowest BCUT2D eigenvalue weighted by Crippen LogP contribution is -2.35. The van der Waals surface area contributed by atoms with E-state index in [-0.39, 0.29) is 6.10 Å². The first-order chi connectivity index (χ1) is 10.2. The van der Waals surface area contributed by atoms with Gasteiger partial charge in [-0.3, -0.25) is 4.90 Å². The van der Waals surface area contributed by atoms with Crippen molar-refractivity contribution in [1.29, 1.82) is 0 Å². The number of rotatable bonds is 5. The Morgan fingerprint density at radius 2 is 2.14 bits per heavy atom. The molecule has 112 valence electrons. The number of nitrogens with one attached hydrogen (secondary N) is 2. The molecular formula is C16H22N4O.